The number of aromatic nitrogens is 1. The quantitative estimate of drug-likeness (QED) is 0.910. The number of ether oxygens (including phenoxy) is 2. The van der Waals surface area contributed by atoms with Crippen LogP contribution >= 0.6 is 11.3 Å². The second kappa shape index (κ2) is 4.63. The Balaban J connectivity index is 2.60. The number of nitrogens with two attached hydrogens (primary N) is 1. The van der Waals surface area contributed by atoms with Crippen LogP contribution in [0.3, 0.4) is 0 Å². The first-order chi connectivity index (χ1) is 8.15. The average molecular weight is 250 g/mol. The van der Waals surface area contributed by atoms with Gasteiger partial charge in [0, 0.05) is 11.4 Å². The predicted molar refractivity (Wildman–Crippen MR) is 69.8 cm³/mol. The van der Waals surface area contributed by atoms with Crippen LogP contribution in [0.5, 0.6) is 11.5 Å². The van der Waals surface area contributed by atoms with E-state index in [1.807, 2.05) is 24.4 Å². The fourth-order valence-corrected chi connectivity index (χ4v) is 2.50. The SMILES string of the molecule is COc1cc(C)c(-c2nc(N)cs2)c(OC)c1. The van der Waals surface area contributed by atoms with Crippen molar-refractivity contribution < 1.29 is 9.47 Å². The number of benzene rings is 1. The lowest BCUT2D eigenvalue weighted by Gasteiger charge is -2.11. The van der Waals surface area contributed by atoms with Gasteiger partial charge < -0.3 is 15.2 Å². The topological polar surface area (TPSA) is 57.4 Å². The van der Waals surface area contributed by atoms with Gasteiger partial charge in [-0.2, -0.15) is 0 Å². The van der Waals surface area contributed by atoms with Gasteiger partial charge in [0.2, 0.25) is 0 Å². The van der Waals surface area contributed by atoms with Crippen molar-refractivity contribution in [2.45, 2.75) is 6.92 Å². The van der Waals surface area contributed by atoms with Crippen LogP contribution in [0.15, 0.2) is 17.5 Å². The van der Waals surface area contributed by atoms with Gasteiger partial charge in [0.15, 0.2) is 0 Å². The molecule has 2 aromatic rings. The minimum absolute atomic E-state index is 0.530. The third-order valence-corrected chi connectivity index (χ3v) is 3.34. The smallest absolute Gasteiger partial charge is 0.135 e. The number of hydrogen-bond donors (Lipinski definition) is 1. The number of hydrogen-bond acceptors (Lipinski definition) is 5. The Kier molecular flexibility index (Phi) is 3.19. The first-order valence-electron chi connectivity index (χ1n) is 5.09. The molecule has 0 fully saturated rings. The third-order valence-electron chi connectivity index (χ3n) is 2.46. The van der Waals surface area contributed by atoms with E-state index in [0.717, 1.165) is 27.6 Å². The lowest BCUT2D eigenvalue weighted by Crippen LogP contribution is -1.94. The highest BCUT2D eigenvalue weighted by atomic mass is 32.1. The van der Waals surface area contributed by atoms with Gasteiger partial charge >= 0.3 is 0 Å². The summed E-state index contributed by atoms with van der Waals surface area (Å²) in [5.74, 6) is 2.05. The van der Waals surface area contributed by atoms with E-state index in [0.29, 0.717) is 5.82 Å². The number of thiazole rings is 1. The van der Waals surface area contributed by atoms with Crippen molar-refractivity contribution in [1.29, 1.82) is 0 Å². The molecule has 5 heteroatoms. The molecule has 0 saturated carbocycles. The Bertz CT molecular complexity index is 537. The second-order valence-corrected chi connectivity index (χ2v) is 4.46. The largest absolute Gasteiger partial charge is 0.497 e. The molecular formula is C12H14N2O2S. The highest BCUT2D eigenvalue weighted by Gasteiger charge is 2.14. The molecule has 1 aromatic heterocycles. The van der Waals surface area contributed by atoms with Crippen molar-refractivity contribution in [2.24, 2.45) is 0 Å². The number of anilines is 1. The van der Waals surface area contributed by atoms with E-state index in [1.165, 1.54) is 11.3 Å². The highest BCUT2D eigenvalue weighted by molar-refractivity contribution is 7.13. The fraction of sp³-hybridized carbons (Fsp3) is 0.250. The van der Waals surface area contributed by atoms with Crippen LogP contribution in [-0.4, -0.2) is 19.2 Å². The van der Waals surface area contributed by atoms with E-state index in [4.69, 9.17) is 15.2 Å². The summed E-state index contributed by atoms with van der Waals surface area (Å²) in [6.45, 7) is 2.00. The van der Waals surface area contributed by atoms with Crippen LogP contribution in [0.2, 0.25) is 0 Å². The zero-order valence-corrected chi connectivity index (χ0v) is 10.8. The minimum atomic E-state index is 0.530. The second-order valence-electron chi connectivity index (χ2n) is 3.60. The number of methoxy groups -OCH3 is 2. The molecule has 0 atom stereocenters. The molecule has 90 valence electrons. The maximum atomic E-state index is 5.65. The summed E-state index contributed by atoms with van der Waals surface area (Å²) in [4.78, 5) is 4.28. The Hall–Kier alpha value is -1.75. The van der Waals surface area contributed by atoms with Gasteiger partial charge in [-0.1, -0.05) is 0 Å². The Labute approximate surface area is 104 Å². The van der Waals surface area contributed by atoms with Crippen molar-refractivity contribution in [3.05, 3.63) is 23.1 Å². The molecule has 0 spiro atoms. The van der Waals surface area contributed by atoms with Crippen LogP contribution in [0.4, 0.5) is 5.82 Å². The molecule has 4 nitrogen and oxygen atoms in total. The van der Waals surface area contributed by atoms with Crippen LogP contribution < -0.4 is 15.2 Å². The van der Waals surface area contributed by atoms with Crippen LogP contribution in [0, 0.1) is 6.92 Å². The van der Waals surface area contributed by atoms with Gasteiger partial charge in [-0.3, -0.25) is 0 Å². The maximum absolute atomic E-state index is 5.65. The Morgan fingerprint density at radius 3 is 2.53 bits per heavy atom. The van der Waals surface area contributed by atoms with Gasteiger partial charge in [0.05, 0.1) is 19.8 Å². The molecule has 1 aromatic carbocycles. The van der Waals surface area contributed by atoms with Crippen LogP contribution in [0.25, 0.3) is 10.6 Å². The molecule has 2 N–H and O–H groups in total. The molecule has 2 rings (SSSR count). The van der Waals surface area contributed by atoms with Gasteiger partial charge in [-0.15, -0.1) is 11.3 Å². The van der Waals surface area contributed by atoms with E-state index in [2.05, 4.69) is 4.98 Å². The molecule has 0 amide bonds. The average Bonchev–Trinajstić information content (AvgIpc) is 2.74. The lowest BCUT2D eigenvalue weighted by atomic mass is 10.1. The molecule has 0 unspecified atom stereocenters. The molecule has 0 bridgehead atoms. The lowest BCUT2D eigenvalue weighted by molar-refractivity contribution is 0.395. The van der Waals surface area contributed by atoms with Crippen molar-refractivity contribution in [1.82, 2.24) is 4.98 Å². The van der Waals surface area contributed by atoms with E-state index in [1.54, 1.807) is 14.2 Å². The molecule has 0 aliphatic heterocycles. The summed E-state index contributed by atoms with van der Waals surface area (Å²) in [6.07, 6.45) is 0. The molecule has 0 saturated heterocycles. The van der Waals surface area contributed by atoms with Crippen LogP contribution in [0.1, 0.15) is 5.56 Å². The monoisotopic (exact) mass is 250 g/mol. The third kappa shape index (κ3) is 2.19. The molecule has 0 radical (unpaired) electrons. The minimum Gasteiger partial charge on any atom is -0.497 e. The maximum Gasteiger partial charge on any atom is 0.135 e. The normalized spacial score (nSPS) is 10.3. The molecule has 0 aliphatic rings. The Morgan fingerprint density at radius 2 is 2.00 bits per heavy atom. The van der Waals surface area contributed by atoms with E-state index >= 15 is 0 Å². The van der Waals surface area contributed by atoms with E-state index < -0.39 is 0 Å². The van der Waals surface area contributed by atoms with Crippen molar-refractivity contribution in [2.75, 3.05) is 20.0 Å². The van der Waals surface area contributed by atoms with E-state index in [-0.39, 0.29) is 0 Å². The molecule has 0 aliphatic carbocycles. The number of rotatable bonds is 3. The molecule has 17 heavy (non-hydrogen) atoms. The summed E-state index contributed by atoms with van der Waals surface area (Å²) in [6, 6.07) is 3.80. The van der Waals surface area contributed by atoms with E-state index in [9.17, 15) is 0 Å². The number of nitrogen functional groups attached to an aromatic ring is 1. The predicted octanol–water partition coefficient (Wildman–Crippen LogP) is 2.72. The van der Waals surface area contributed by atoms with Crippen molar-refractivity contribution in [3.63, 3.8) is 0 Å². The van der Waals surface area contributed by atoms with Gasteiger partial charge in [-0.05, 0) is 18.6 Å². The van der Waals surface area contributed by atoms with Gasteiger partial charge in [0.25, 0.3) is 0 Å². The summed E-state index contributed by atoms with van der Waals surface area (Å²) < 4.78 is 10.6. The zero-order chi connectivity index (χ0) is 12.4. The zero-order valence-electron chi connectivity index (χ0n) is 9.98. The summed E-state index contributed by atoms with van der Waals surface area (Å²) in [5.41, 5.74) is 7.67. The van der Waals surface area contributed by atoms with Crippen molar-refractivity contribution in [3.8, 4) is 22.1 Å². The first-order valence-corrected chi connectivity index (χ1v) is 5.97. The highest BCUT2D eigenvalue weighted by Crippen LogP contribution is 2.38. The standard InChI is InChI=1S/C12H14N2O2S/c1-7-4-8(15-2)5-9(16-3)11(7)12-14-10(13)6-17-12/h4-6H,13H2,1-3H3. The van der Waals surface area contributed by atoms with Crippen molar-refractivity contribution >= 4 is 17.2 Å². The summed E-state index contributed by atoms with van der Waals surface area (Å²) >= 11 is 1.50. The van der Waals surface area contributed by atoms with Crippen LogP contribution in [-0.2, 0) is 0 Å². The van der Waals surface area contributed by atoms with Gasteiger partial charge in [-0.25, -0.2) is 4.98 Å². The van der Waals surface area contributed by atoms with Gasteiger partial charge in [0.1, 0.15) is 22.3 Å². The number of aryl methyl sites for hydroxylation is 1. The summed E-state index contributed by atoms with van der Waals surface area (Å²) in [7, 11) is 3.27. The Morgan fingerprint density at radius 1 is 1.24 bits per heavy atom. The summed E-state index contributed by atoms with van der Waals surface area (Å²) in [5, 5.41) is 2.68. The first kappa shape index (κ1) is 11.7. The molecule has 1 heterocycles. The molecular weight excluding hydrogens is 236 g/mol. The number of nitrogens with zero attached hydrogens (tertiary/aromatic N) is 1. The fourth-order valence-electron chi connectivity index (χ4n) is 1.68.